The van der Waals surface area contributed by atoms with Crippen molar-refractivity contribution in [1.82, 2.24) is 4.90 Å². The third kappa shape index (κ3) is 2.96. The fraction of sp³-hybridized carbons (Fsp3) is 0.857. The molecule has 2 N–H and O–H groups in total. The number of ether oxygens (including phenoxy) is 1. The first-order valence-electron chi connectivity index (χ1n) is 3.84. The van der Waals surface area contributed by atoms with Crippen molar-refractivity contribution in [3.05, 3.63) is 0 Å². The summed E-state index contributed by atoms with van der Waals surface area (Å²) in [4.78, 5) is 12.3. The van der Waals surface area contributed by atoms with Crippen LogP contribution in [-0.2, 0) is 9.53 Å². The molecule has 1 saturated heterocycles. The minimum Gasteiger partial charge on any atom is -0.379 e. The maximum atomic E-state index is 10.2. The predicted molar refractivity (Wildman–Crippen MR) is 41.3 cm³/mol. The van der Waals surface area contributed by atoms with E-state index in [0.717, 1.165) is 32.6 Å². The van der Waals surface area contributed by atoms with Gasteiger partial charge < -0.3 is 15.3 Å². The molecule has 0 bridgehead atoms. The summed E-state index contributed by atoms with van der Waals surface area (Å²) in [6, 6.07) is -0.340. The van der Waals surface area contributed by atoms with Crippen LogP contribution in [0.15, 0.2) is 0 Å². The van der Waals surface area contributed by atoms with Gasteiger partial charge in [-0.25, -0.2) is 0 Å². The first-order chi connectivity index (χ1) is 5.33. The Morgan fingerprint density at radius 2 is 2.18 bits per heavy atom. The van der Waals surface area contributed by atoms with Crippen LogP contribution >= 0.6 is 0 Å². The number of nitrogens with zero attached hydrogens (tertiary/aromatic N) is 1. The van der Waals surface area contributed by atoms with Gasteiger partial charge in [0.25, 0.3) is 0 Å². The summed E-state index contributed by atoms with van der Waals surface area (Å²) in [5.41, 5.74) is 5.45. The van der Waals surface area contributed by atoms with Crippen molar-refractivity contribution < 1.29 is 9.53 Å². The average molecular weight is 158 g/mol. The number of carbonyl (C=O) groups excluding carboxylic acids is 1. The number of nitrogens with two attached hydrogens (primary N) is 1. The van der Waals surface area contributed by atoms with Crippen molar-refractivity contribution in [1.29, 1.82) is 0 Å². The van der Waals surface area contributed by atoms with Gasteiger partial charge in [0, 0.05) is 19.6 Å². The van der Waals surface area contributed by atoms with E-state index in [-0.39, 0.29) is 6.04 Å². The number of hydrogen-bond acceptors (Lipinski definition) is 4. The number of rotatable bonds is 3. The third-order valence-electron chi connectivity index (χ3n) is 1.75. The first kappa shape index (κ1) is 8.64. The van der Waals surface area contributed by atoms with Crippen LogP contribution in [0.5, 0.6) is 0 Å². The summed E-state index contributed by atoms with van der Waals surface area (Å²) in [6.45, 7) is 3.95. The number of carbonyl (C=O) groups is 1. The highest BCUT2D eigenvalue weighted by Crippen LogP contribution is 1.95. The minimum atomic E-state index is -0.340. The Balaban J connectivity index is 2.18. The Morgan fingerprint density at radius 1 is 1.55 bits per heavy atom. The lowest BCUT2D eigenvalue weighted by atomic mass is 10.3. The molecule has 64 valence electrons. The zero-order valence-electron chi connectivity index (χ0n) is 6.53. The molecule has 1 unspecified atom stereocenters. The van der Waals surface area contributed by atoms with E-state index in [2.05, 4.69) is 4.90 Å². The van der Waals surface area contributed by atoms with Gasteiger partial charge in [0.15, 0.2) is 0 Å². The number of morpholine rings is 1. The van der Waals surface area contributed by atoms with E-state index < -0.39 is 0 Å². The van der Waals surface area contributed by atoms with Gasteiger partial charge in [-0.15, -0.1) is 0 Å². The summed E-state index contributed by atoms with van der Waals surface area (Å²) in [5, 5.41) is 0. The molecule has 0 aromatic carbocycles. The van der Waals surface area contributed by atoms with E-state index in [1.54, 1.807) is 0 Å². The average Bonchev–Trinajstić information content (AvgIpc) is 2.06. The monoisotopic (exact) mass is 158 g/mol. The molecule has 1 aliphatic rings. The fourth-order valence-corrected chi connectivity index (χ4v) is 1.12. The quantitative estimate of drug-likeness (QED) is 0.527. The van der Waals surface area contributed by atoms with Gasteiger partial charge in [-0.1, -0.05) is 0 Å². The van der Waals surface area contributed by atoms with Gasteiger partial charge in [-0.2, -0.15) is 0 Å². The van der Waals surface area contributed by atoms with Crippen LogP contribution < -0.4 is 5.73 Å². The molecule has 0 radical (unpaired) electrons. The van der Waals surface area contributed by atoms with Crippen molar-refractivity contribution in [2.75, 3.05) is 32.8 Å². The fourth-order valence-electron chi connectivity index (χ4n) is 1.12. The molecule has 1 atom stereocenters. The summed E-state index contributed by atoms with van der Waals surface area (Å²) in [7, 11) is 0. The molecule has 0 saturated carbocycles. The Hall–Kier alpha value is -0.450. The zero-order chi connectivity index (χ0) is 8.10. The second kappa shape index (κ2) is 4.43. The molecule has 1 heterocycles. The highest BCUT2D eigenvalue weighted by atomic mass is 16.5. The number of aldehydes is 1. The van der Waals surface area contributed by atoms with E-state index in [0.29, 0.717) is 6.54 Å². The molecule has 0 aromatic rings. The second-order valence-corrected chi connectivity index (χ2v) is 2.71. The minimum absolute atomic E-state index is 0.340. The molecule has 0 aromatic heterocycles. The molecular formula is C7H14N2O2. The smallest absolute Gasteiger partial charge is 0.137 e. The van der Waals surface area contributed by atoms with Gasteiger partial charge in [-0.05, 0) is 0 Å². The maximum absolute atomic E-state index is 10.2. The molecular weight excluding hydrogens is 144 g/mol. The lowest BCUT2D eigenvalue weighted by Crippen LogP contribution is -2.44. The van der Waals surface area contributed by atoms with Crippen molar-refractivity contribution in [3.63, 3.8) is 0 Å². The Morgan fingerprint density at radius 3 is 2.73 bits per heavy atom. The van der Waals surface area contributed by atoms with E-state index in [1.807, 2.05) is 0 Å². The highest BCUT2D eigenvalue weighted by Gasteiger charge is 2.12. The Bertz CT molecular complexity index is 124. The normalized spacial score (nSPS) is 23.0. The topological polar surface area (TPSA) is 55.6 Å². The molecule has 4 heteroatoms. The summed E-state index contributed by atoms with van der Waals surface area (Å²) < 4.78 is 5.14. The molecule has 4 nitrogen and oxygen atoms in total. The van der Waals surface area contributed by atoms with Crippen molar-refractivity contribution in [2.24, 2.45) is 5.73 Å². The summed E-state index contributed by atoms with van der Waals surface area (Å²) in [6.07, 6.45) is 0.787. The van der Waals surface area contributed by atoms with Crippen LogP contribution in [-0.4, -0.2) is 50.1 Å². The second-order valence-electron chi connectivity index (χ2n) is 2.71. The van der Waals surface area contributed by atoms with Crippen LogP contribution in [0.3, 0.4) is 0 Å². The van der Waals surface area contributed by atoms with Gasteiger partial charge in [0.2, 0.25) is 0 Å². The Labute approximate surface area is 66.3 Å². The molecule has 1 aliphatic heterocycles. The van der Waals surface area contributed by atoms with Gasteiger partial charge >= 0.3 is 0 Å². The van der Waals surface area contributed by atoms with Crippen molar-refractivity contribution in [2.45, 2.75) is 6.04 Å². The zero-order valence-corrected chi connectivity index (χ0v) is 6.53. The van der Waals surface area contributed by atoms with Gasteiger partial charge in [-0.3, -0.25) is 4.90 Å². The largest absolute Gasteiger partial charge is 0.379 e. The molecule has 0 amide bonds. The SMILES string of the molecule is NC(C=O)CN1CCOCC1. The van der Waals surface area contributed by atoms with Gasteiger partial charge in [0.05, 0.1) is 19.3 Å². The van der Waals surface area contributed by atoms with E-state index in [4.69, 9.17) is 10.5 Å². The number of hydrogen-bond donors (Lipinski definition) is 1. The van der Waals surface area contributed by atoms with E-state index in [9.17, 15) is 4.79 Å². The van der Waals surface area contributed by atoms with Crippen LogP contribution in [0.2, 0.25) is 0 Å². The van der Waals surface area contributed by atoms with Crippen LogP contribution in [0, 0.1) is 0 Å². The van der Waals surface area contributed by atoms with Crippen LogP contribution in [0.25, 0.3) is 0 Å². The summed E-state index contributed by atoms with van der Waals surface area (Å²) in [5.74, 6) is 0. The molecule has 0 spiro atoms. The van der Waals surface area contributed by atoms with Crippen molar-refractivity contribution >= 4 is 6.29 Å². The van der Waals surface area contributed by atoms with E-state index >= 15 is 0 Å². The predicted octanol–water partition coefficient (Wildman–Crippen LogP) is -1.16. The van der Waals surface area contributed by atoms with E-state index in [1.165, 1.54) is 0 Å². The van der Waals surface area contributed by atoms with Crippen LogP contribution in [0.4, 0.5) is 0 Å². The molecule has 0 aliphatic carbocycles. The van der Waals surface area contributed by atoms with Gasteiger partial charge in [0.1, 0.15) is 6.29 Å². The Kier molecular flexibility index (Phi) is 3.48. The third-order valence-corrected chi connectivity index (χ3v) is 1.75. The summed E-state index contributed by atoms with van der Waals surface area (Å²) >= 11 is 0. The lowest BCUT2D eigenvalue weighted by molar-refractivity contribution is -0.109. The highest BCUT2D eigenvalue weighted by molar-refractivity contribution is 5.57. The maximum Gasteiger partial charge on any atom is 0.137 e. The van der Waals surface area contributed by atoms with Crippen LogP contribution in [0.1, 0.15) is 0 Å². The first-order valence-corrected chi connectivity index (χ1v) is 3.84. The molecule has 1 fully saturated rings. The standard InChI is InChI=1S/C7H14N2O2/c8-7(6-10)5-9-1-3-11-4-2-9/h6-7H,1-5,8H2. The molecule has 11 heavy (non-hydrogen) atoms. The lowest BCUT2D eigenvalue weighted by Gasteiger charge is -2.27. The molecule has 1 rings (SSSR count). The van der Waals surface area contributed by atoms with Crippen molar-refractivity contribution in [3.8, 4) is 0 Å².